The van der Waals surface area contributed by atoms with Gasteiger partial charge in [0.15, 0.2) is 0 Å². The summed E-state index contributed by atoms with van der Waals surface area (Å²) in [5.41, 5.74) is 7.30. The van der Waals surface area contributed by atoms with Crippen molar-refractivity contribution >= 4 is 10.0 Å². The van der Waals surface area contributed by atoms with Crippen LogP contribution in [0.2, 0.25) is 0 Å². The van der Waals surface area contributed by atoms with E-state index < -0.39 is 10.0 Å². The number of sulfonamides is 1. The molecule has 0 bridgehead atoms. The van der Waals surface area contributed by atoms with E-state index in [2.05, 4.69) is 13.8 Å². The first-order valence-corrected chi connectivity index (χ1v) is 9.66. The fourth-order valence-corrected chi connectivity index (χ4v) is 5.42. The Balaban J connectivity index is 1.76. The lowest BCUT2D eigenvalue weighted by atomic mass is 9.98. The van der Waals surface area contributed by atoms with E-state index in [9.17, 15) is 8.42 Å². The summed E-state index contributed by atoms with van der Waals surface area (Å²) in [6.45, 7) is 5.55. The summed E-state index contributed by atoms with van der Waals surface area (Å²) in [5, 5.41) is 0. The predicted octanol–water partition coefficient (Wildman–Crippen LogP) is 2.24. The largest absolute Gasteiger partial charge is 0.327 e. The van der Waals surface area contributed by atoms with Crippen LogP contribution in [0.4, 0.5) is 0 Å². The molecule has 1 saturated carbocycles. The normalized spacial score (nSPS) is 29.2. The van der Waals surface area contributed by atoms with Crippen molar-refractivity contribution in [2.45, 2.75) is 44.0 Å². The highest BCUT2D eigenvalue weighted by Gasteiger charge is 2.44. The van der Waals surface area contributed by atoms with Gasteiger partial charge in [0.05, 0.1) is 4.90 Å². The van der Waals surface area contributed by atoms with Gasteiger partial charge in [-0.05, 0) is 54.7 Å². The maximum absolute atomic E-state index is 12.8. The van der Waals surface area contributed by atoms with E-state index in [4.69, 9.17) is 5.73 Å². The molecular weight excluding hydrogens is 296 g/mol. The fourth-order valence-electron chi connectivity index (χ4n) is 3.88. The third-order valence-electron chi connectivity index (χ3n) is 5.08. The minimum absolute atomic E-state index is 0.165. The average molecular weight is 322 g/mol. The SMILES string of the molecule is CC(C)Cc1ccc(S(=O)(=O)N2CC3CCC(N)C3C2)cc1. The third kappa shape index (κ3) is 2.94. The quantitative estimate of drug-likeness (QED) is 0.924. The molecule has 0 amide bonds. The number of hydrogen-bond donors (Lipinski definition) is 1. The highest BCUT2D eigenvalue weighted by molar-refractivity contribution is 7.89. The van der Waals surface area contributed by atoms with Crippen LogP contribution in [0.5, 0.6) is 0 Å². The van der Waals surface area contributed by atoms with E-state index in [0.717, 1.165) is 19.3 Å². The first kappa shape index (κ1) is 16.0. The molecule has 5 heteroatoms. The highest BCUT2D eigenvalue weighted by Crippen LogP contribution is 2.39. The Morgan fingerprint density at radius 3 is 2.45 bits per heavy atom. The van der Waals surface area contributed by atoms with Crippen LogP contribution in [0.25, 0.3) is 0 Å². The van der Waals surface area contributed by atoms with Crippen LogP contribution in [0, 0.1) is 17.8 Å². The van der Waals surface area contributed by atoms with Crippen molar-refractivity contribution in [1.29, 1.82) is 0 Å². The molecule has 2 N–H and O–H groups in total. The second-order valence-electron chi connectivity index (χ2n) is 7.23. The van der Waals surface area contributed by atoms with Crippen molar-refractivity contribution in [2.75, 3.05) is 13.1 Å². The van der Waals surface area contributed by atoms with Gasteiger partial charge >= 0.3 is 0 Å². The van der Waals surface area contributed by atoms with Crippen LogP contribution in [-0.4, -0.2) is 31.9 Å². The summed E-state index contributed by atoms with van der Waals surface area (Å²) in [5.74, 6) is 1.36. The topological polar surface area (TPSA) is 63.4 Å². The molecule has 22 heavy (non-hydrogen) atoms. The molecule has 122 valence electrons. The first-order valence-electron chi connectivity index (χ1n) is 8.22. The summed E-state index contributed by atoms with van der Waals surface area (Å²) in [6, 6.07) is 7.55. The van der Waals surface area contributed by atoms with Gasteiger partial charge in [-0.2, -0.15) is 4.31 Å². The summed E-state index contributed by atoms with van der Waals surface area (Å²) in [4.78, 5) is 0.411. The van der Waals surface area contributed by atoms with Gasteiger partial charge < -0.3 is 5.73 Å². The van der Waals surface area contributed by atoms with E-state index in [1.54, 1.807) is 16.4 Å². The maximum atomic E-state index is 12.8. The van der Waals surface area contributed by atoms with Crippen molar-refractivity contribution in [1.82, 2.24) is 4.31 Å². The van der Waals surface area contributed by atoms with Gasteiger partial charge in [-0.25, -0.2) is 8.42 Å². The second-order valence-corrected chi connectivity index (χ2v) is 9.17. The van der Waals surface area contributed by atoms with Crippen LogP contribution in [0.3, 0.4) is 0 Å². The smallest absolute Gasteiger partial charge is 0.243 e. The average Bonchev–Trinajstić information content (AvgIpc) is 3.02. The number of benzene rings is 1. The molecule has 2 aliphatic rings. The van der Waals surface area contributed by atoms with Crippen LogP contribution in [0.15, 0.2) is 29.2 Å². The number of rotatable bonds is 4. The summed E-state index contributed by atoms with van der Waals surface area (Å²) < 4.78 is 27.2. The van der Waals surface area contributed by atoms with Gasteiger partial charge in [0.2, 0.25) is 10.0 Å². The number of nitrogens with two attached hydrogens (primary N) is 1. The van der Waals surface area contributed by atoms with E-state index >= 15 is 0 Å². The lowest BCUT2D eigenvalue weighted by molar-refractivity contribution is 0.427. The van der Waals surface area contributed by atoms with Gasteiger partial charge in [0.25, 0.3) is 0 Å². The van der Waals surface area contributed by atoms with Crippen molar-refractivity contribution < 1.29 is 8.42 Å². The predicted molar refractivity (Wildman–Crippen MR) is 87.9 cm³/mol. The maximum Gasteiger partial charge on any atom is 0.243 e. The molecule has 1 heterocycles. The molecule has 1 aliphatic heterocycles. The highest BCUT2D eigenvalue weighted by atomic mass is 32.2. The molecule has 1 aromatic rings. The number of fused-ring (bicyclic) bond motifs is 1. The monoisotopic (exact) mass is 322 g/mol. The van der Waals surface area contributed by atoms with Crippen LogP contribution < -0.4 is 5.73 Å². The molecule has 4 nitrogen and oxygen atoms in total. The Bertz CT molecular complexity index is 625. The molecule has 1 saturated heterocycles. The molecular formula is C17H26N2O2S. The fraction of sp³-hybridized carbons (Fsp3) is 0.647. The minimum Gasteiger partial charge on any atom is -0.327 e. The summed E-state index contributed by atoms with van der Waals surface area (Å²) >= 11 is 0. The molecule has 0 radical (unpaired) electrons. The summed E-state index contributed by atoms with van der Waals surface area (Å²) in [7, 11) is -3.37. The zero-order valence-corrected chi connectivity index (χ0v) is 14.2. The zero-order valence-electron chi connectivity index (χ0n) is 13.4. The van der Waals surface area contributed by atoms with Gasteiger partial charge in [0.1, 0.15) is 0 Å². The Morgan fingerprint density at radius 1 is 1.18 bits per heavy atom. The van der Waals surface area contributed by atoms with Crippen LogP contribution >= 0.6 is 0 Å². The zero-order chi connectivity index (χ0) is 15.9. The minimum atomic E-state index is -3.37. The molecule has 3 rings (SSSR count). The van der Waals surface area contributed by atoms with Gasteiger partial charge in [-0.1, -0.05) is 26.0 Å². The van der Waals surface area contributed by atoms with E-state index in [1.807, 2.05) is 12.1 Å². The Labute approximate surface area is 133 Å². The Hall–Kier alpha value is -0.910. The van der Waals surface area contributed by atoms with Crippen molar-refractivity contribution in [3.05, 3.63) is 29.8 Å². The lowest BCUT2D eigenvalue weighted by Crippen LogP contribution is -2.33. The van der Waals surface area contributed by atoms with Crippen LogP contribution in [0.1, 0.15) is 32.3 Å². The Kier molecular flexibility index (Phi) is 4.32. The standard InChI is InChI=1S/C17H26N2O2S/c1-12(2)9-13-3-6-15(7-4-13)22(20,21)19-10-14-5-8-17(18)16(14)11-19/h3-4,6-7,12,14,16-17H,5,8-11,18H2,1-2H3. The second kappa shape index (κ2) is 5.95. The van der Waals surface area contributed by atoms with Gasteiger partial charge in [-0.15, -0.1) is 0 Å². The third-order valence-corrected chi connectivity index (χ3v) is 6.93. The molecule has 0 aromatic heterocycles. The van der Waals surface area contributed by atoms with E-state index in [-0.39, 0.29) is 6.04 Å². The van der Waals surface area contributed by atoms with Crippen molar-refractivity contribution in [3.63, 3.8) is 0 Å². The van der Waals surface area contributed by atoms with Gasteiger partial charge in [0, 0.05) is 19.1 Å². The molecule has 2 fully saturated rings. The molecule has 3 atom stereocenters. The number of nitrogens with zero attached hydrogens (tertiary/aromatic N) is 1. The Morgan fingerprint density at radius 2 is 1.86 bits per heavy atom. The summed E-state index contributed by atoms with van der Waals surface area (Å²) in [6.07, 6.45) is 3.07. The van der Waals surface area contributed by atoms with E-state index in [1.165, 1.54) is 5.56 Å². The molecule has 3 unspecified atom stereocenters. The molecule has 0 spiro atoms. The number of hydrogen-bond acceptors (Lipinski definition) is 3. The van der Waals surface area contributed by atoms with Crippen molar-refractivity contribution in [3.8, 4) is 0 Å². The van der Waals surface area contributed by atoms with E-state index in [0.29, 0.717) is 35.7 Å². The van der Waals surface area contributed by atoms with Crippen LogP contribution in [-0.2, 0) is 16.4 Å². The molecule has 1 aliphatic carbocycles. The van der Waals surface area contributed by atoms with Gasteiger partial charge in [-0.3, -0.25) is 0 Å². The first-order chi connectivity index (χ1) is 10.4. The molecule has 1 aromatic carbocycles. The lowest BCUT2D eigenvalue weighted by Gasteiger charge is -2.19. The van der Waals surface area contributed by atoms with Crippen molar-refractivity contribution in [2.24, 2.45) is 23.5 Å².